The number of nitrogens with zero attached hydrogens (tertiary/aromatic N) is 1. The highest BCUT2D eigenvalue weighted by molar-refractivity contribution is 5.26. The van der Waals surface area contributed by atoms with E-state index in [0.717, 1.165) is 25.9 Å². The number of nitrogens with one attached hydrogen (secondary N) is 1. The van der Waals surface area contributed by atoms with Gasteiger partial charge in [0.2, 0.25) is 0 Å². The number of hydrogen-bond acceptors (Lipinski definition) is 3. The molecule has 0 aliphatic heterocycles. The summed E-state index contributed by atoms with van der Waals surface area (Å²) in [6.45, 7) is 6.25. The molecule has 1 fully saturated rings. The molecule has 0 aromatic heterocycles. The molecule has 0 amide bonds. The second kappa shape index (κ2) is 6.66. The van der Waals surface area contributed by atoms with Crippen LogP contribution in [0.4, 0.5) is 4.39 Å². The fraction of sp³-hybridized carbons (Fsp3) is 0.625. The summed E-state index contributed by atoms with van der Waals surface area (Å²) in [5, 5.41) is 0. The van der Waals surface area contributed by atoms with Gasteiger partial charge in [0.05, 0.1) is 6.04 Å². The molecule has 0 saturated heterocycles. The summed E-state index contributed by atoms with van der Waals surface area (Å²) in [5.74, 6) is 5.67. The van der Waals surface area contributed by atoms with Crippen molar-refractivity contribution in [2.45, 2.75) is 51.1 Å². The van der Waals surface area contributed by atoms with Gasteiger partial charge in [-0.15, -0.1) is 0 Å². The molecule has 0 spiro atoms. The van der Waals surface area contributed by atoms with Gasteiger partial charge in [-0.05, 0) is 32.0 Å². The Labute approximate surface area is 121 Å². The fourth-order valence-corrected chi connectivity index (χ4v) is 3.87. The van der Waals surface area contributed by atoms with Crippen LogP contribution < -0.4 is 11.3 Å². The molecule has 1 saturated carbocycles. The summed E-state index contributed by atoms with van der Waals surface area (Å²) in [5.41, 5.74) is 3.52. The maximum absolute atomic E-state index is 14.2. The van der Waals surface area contributed by atoms with Gasteiger partial charge in [0.15, 0.2) is 0 Å². The van der Waals surface area contributed by atoms with E-state index in [1.165, 1.54) is 18.9 Å². The lowest BCUT2D eigenvalue weighted by Crippen LogP contribution is -2.56. The number of hydrazine groups is 1. The van der Waals surface area contributed by atoms with Crippen LogP contribution in [0.1, 0.15) is 51.1 Å². The number of rotatable bonds is 6. The van der Waals surface area contributed by atoms with Crippen molar-refractivity contribution >= 4 is 0 Å². The van der Waals surface area contributed by atoms with E-state index in [1.54, 1.807) is 6.07 Å². The van der Waals surface area contributed by atoms with Gasteiger partial charge in [-0.25, -0.2) is 4.39 Å². The summed E-state index contributed by atoms with van der Waals surface area (Å²) in [4.78, 5) is 2.44. The van der Waals surface area contributed by atoms with Gasteiger partial charge in [-0.1, -0.05) is 44.9 Å². The number of halogens is 1. The highest BCUT2D eigenvalue weighted by atomic mass is 19.1. The molecule has 4 heteroatoms. The Morgan fingerprint density at radius 3 is 2.35 bits per heavy atom. The quantitative estimate of drug-likeness (QED) is 0.621. The Balaban J connectivity index is 2.43. The maximum Gasteiger partial charge on any atom is 0.128 e. The van der Waals surface area contributed by atoms with Crippen molar-refractivity contribution in [3.63, 3.8) is 0 Å². The van der Waals surface area contributed by atoms with E-state index in [2.05, 4.69) is 24.2 Å². The third kappa shape index (κ3) is 2.60. The molecular formula is C16H26FN3. The van der Waals surface area contributed by atoms with Gasteiger partial charge in [0.25, 0.3) is 0 Å². The zero-order chi connectivity index (χ0) is 14.6. The van der Waals surface area contributed by atoms with Crippen LogP contribution in [0.5, 0.6) is 0 Å². The van der Waals surface area contributed by atoms with Gasteiger partial charge in [-0.3, -0.25) is 16.2 Å². The molecule has 20 heavy (non-hydrogen) atoms. The molecule has 0 heterocycles. The fourth-order valence-electron chi connectivity index (χ4n) is 3.87. The zero-order valence-electron chi connectivity index (χ0n) is 12.5. The first kappa shape index (κ1) is 15.4. The molecular weight excluding hydrogens is 253 g/mol. The van der Waals surface area contributed by atoms with Crippen LogP contribution in [-0.2, 0) is 0 Å². The van der Waals surface area contributed by atoms with Crippen molar-refractivity contribution in [1.29, 1.82) is 0 Å². The molecule has 3 nitrogen and oxygen atoms in total. The van der Waals surface area contributed by atoms with Crippen LogP contribution in [0, 0.1) is 5.82 Å². The second-order valence-corrected chi connectivity index (χ2v) is 5.60. The molecule has 1 aliphatic carbocycles. The first-order valence-electron chi connectivity index (χ1n) is 7.65. The normalized spacial score (nSPS) is 19.4. The Bertz CT molecular complexity index is 425. The summed E-state index contributed by atoms with van der Waals surface area (Å²) >= 11 is 0. The van der Waals surface area contributed by atoms with E-state index in [0.29, 0.717) is 5.56 Å². The lowest BCUT2D eigenvalue weighted by Gasteiger charge is -2.46. The Kier molecular flexibility index (Phi) is 5.13. The summed E-state index contributed by atoms with van der Waals surface area (Å²) in [7, 11) is 0. The lowest BCUT2D eigenvalue weighted by molar-refractivity contribution is 0.0613. The van der Waals surface area contributed by atoms with Crippen LogP contribution in [-0.4, -0.2) is 23.5 Å². The van der Waals surface area contributed by atoms with Gasteiger partial charge in [0, 0.05) is 11.1 Å². The monoisotopic (exact) mass is 279 g/mol. The van der Waals surface area contributed by atoms with E-state index in [-0.39, 0.29) is 17.4 Å². The molecule has 1 aliphatic rings. The smallest absolute Gasteiger partial charge is 0.128 e. The number of likely N-dealkylation sites (N-methyl/N-ethyl adjacent to an activating group) is 1. The third-order valence-corrected chi connectivity index (χ3v) is 4.78. The minimum atomic E-state index is -0.172. The average Bonchev–Trinajstić information content (AvgIpc) is 2.93. The van der Waals surface area contributed by atoms with E-state index < -0.39 is 0 Å². The predicted molar refractivity (Wildman–Crippen MR) is 80.6 cm³/mol. The molecule has 1 atom stereocenters. The number of hydrogen-bond donors (Lipinski definition) is 2. The topological polar surface area (TPSA) is 41.3 Å². The van der Waals surface area contributed by atoms with Gasteiger partial charge in [-0.2, -0.15) is 0 Å². The van der Waals surface area contributed by atoms with Gasteiger partial charge >= 0.3 is 0 Å². The van der Waals surface area contributed by atoms with Crippen LogP contribution in [0.25, 0.3) is 0 Å². The van der Waals surface area contributed by atoms with Crippen LogP contribution in [0.3, 0.4) is 0 Å². The Morgan fingerprint density at radius 1 is 1.25 bits per heavy atom. The van der Waals surface area contributed by atoms with Crippen molar-refractivity contribution in [3.8, 4) is 0 Å². The Morgan fingerprint density at radius 2 is 1.85 bits per heavy atom. The molecule has 0 radical (unpaired) electrons. The molecule has 112 valence electrons. The molecule has 0 bridgehead atoms. The van der Waals surface area contributed by atoms with Crippen molar-refractivity contribution in [2.75, 3.05) is 13.1 Å². The zero-order valence-corrected chi connectivity index (χ0v) is 12.5. The third-order valence-electron chi connectivity index (χ3n) is 4.78. The first-order chi connectivity index (χ1) is 9.69. The lowest BCUT2D eigenvalue weighted by atomic mass is 9.82. The molecule has 1 unspecified atom stereocenters. The van der Waals surface area contributed by atoms with Crippen molar-refractivity contribution in [1.82, 2.24) is 10.3 Å². The standard InChI is InChI=1S/C16H26FN3/c1-3-20(4-2)16(11-7-8-12-16)15(19-18)13-9-5-6-10-14(13)17/h5-6,9-10,15,19H,3-4,7-8,11-12,18H2,1-2H3. The molecule has 3 N–H and O–H groups in total. The highest BCUT2D eigenvalue weighted by Gasteiger charge is 2.45. The van der Waals surface area contributed by atoms with Crippen LogP contribution in [0.15, 0.2) is 24.3 Å². The van der Waals surface area contributed by atoms with Crippen molar-refractivity contribution in [3.05, 3.63) is 35.6 Å². The van der Waals surface area contributed by atoms with Gasteiger partial charge < -0.3 is 0 Å². The Hall–Kier alpha value is -0.970. The second-order valence-electron chi connectivity index (χ2n) is 5.60. The van der Waals surface area contributed by atoms with Crippen molar-refractivity contribution in [2.24, 2.45) is 5.84 Å². The summed E-state index contributed by atoms with van der Waals surface area (Å²) < 4.78 is 14.2. The van der Waals surface area contributed by atoms with E-state index in [4.69, 9.17) is 5.84 Å². The SMILES string of the molecule is CCN(CC)C1(C(NN)c2ccccc2F)CCCC1. The van der Waals surface area contributed by atoms with Crippen LogP contribution >= 0.6 is 0 Å². The first-order valence-corrected chi connectivity index (χ1v) is 7.65. The summed E-state index contributed by atoms with van der Waals surface area (Å²) in [6.07, 6.45) is 4.50. The minimum Gasteiger partial charge on any atom is -0.296 e. The van der Waals surface area contributed by atoms with Crippen molar-refractivity contribution < 1.29 is 4.39 Å². The largest absolute Gasteiger partial charge is 0.296 e. The predicted octanol–water partition coefficient (Wildman–Crippen LogP) is 2.98. The minimum absolute atomic E-state index is 0.0690. The van der Waals surface area contributed by atoms with E-state index in [1.807, 2.05) is 12.1 Å². The molecule has 1 aromatic carbocycles. The average molecular weight is 279 g/mol. The summed E-state index contributed by atoms with van der Waals surface area (Å²) in [6, 6.07) is 6.82. The maximum atomic E-state index is 14.2. The van der Waals surface area contributed by atoms with E-state index in [9.17, 15) is 4.39 Å². The van der Waals surface area contributed by atoms with E-state index >= 15 is 0 Å². The highest BCUT2D eigenvalue weighted by Crippen LogP contribution is 2.44. The number of benzene rings is 1. The number of nitrogens with two attached hydrogens (primary N) is 1. The molecule has 1 aromatic rings. The van der Waals surface area contributed by atoms with Crippen LogP contribution in [0.2, 0.25) is 0 Å². The van der Waals surface area contributed by atoms with Gasteiger partial charge in [0.1, 0.15) is 5.82 Å². The molecule has 2 rings (SSSR count).